The van der Waals surface area contributed by atoms with Crippen LogP contribution in [0.1, 0.15) is 18.9 Å². The molecule has 0 radical (unpaired) electrons. The van der Waals surface area contributed by atoms with E-state index in [-0.39, 0.29) is 11.4 Å². The number of amides is 1. The Morgan fingerprint density at radius 3 is 2.68 bits per heavy atom. The Morgan fingerprint density at radius 1 is 1.12 bits per heavy atom. The fourth-order valence-electron chi connectivity index (χ4n) is 3.90. The van der Waals surface area contributed by atoms with Crippen LogP contribution < -0.4 is 9.47 Å². The standard InChI is InChI=1S/C25H23N5O3S/c1-3-22-28-30-23(26)18(24(31)27-25(30)34-22)14-16-15-29(19-9-5-4-8-17(16)19)12-13-33-21-11-7-6-10-20(21)32-2/h4-11,14-15,26H,3,12-13H2,1-2H3/b18-14+,26-23?. The number of rotatable bonds is 7. The number of hydrogen-bond acceptors (Lipinski definition) is 6. The van der Waals surface area contributed by atoms with Gasteiger partial charge in [-0.25, -0.2) is 0 Å². The van der Waals surface area contributed by atoms with Crippen LogP contribution in [0.2, 0.25) is 0 Å². The molecule has 0 spiro atoms. The first-order chi connectivity index (χ1) is 16.6. The molecule has 3 aromatic rings. The number of amidine groups is 2. The first kappa shape index (κ1) is 22.0. The van der Waals surface area contributed by atoms with Gasteiger partial charge in [0.15, 0.2) is 17.3 Å². The highest BCUT2D eigenvalue weighted by Gasteiger charge is 2.35. The normalized spacial score (nSPS) is 16.6. The Balaban J connectivity index is 1.43. The molecule has 8 nitrogen and oxygen atoms in total. The summed E-state index contributed by atoms with van der Waals surface area (Å²) in [6.07, 6.45) is 4.43. The van der Waals surface area contributed by atoms with Crippen molar-refractivity contribution in [2.24, 2.45) is 10.1 Å². The number of carbonyl (C=O) groups is 1. The van der Waals surface area contributed by atoms with Crippen molar-refractivity contribution in [2.75, 3.05) is 13.7 Å². The lowest BCUT2D eigenvalue weighted by molar-refractivity contribution is -0.114. The molecular weight excluding hydrogens is 450 g/mol. The van der Waals surface area contributed by atoms with Crippen LogP contribution in [-0.2, 0) is 11.3 Å². The molecule has 34 heavy (non-hydrogen) atoms. The molecule has 9 heteroatoms. The molecule has 1 N–H and O–H groups in total. The minimum Gasteiger partial charge on any atom is -0.493 e. The molecule has 3 heterocycles. The summed E-state index contributed by atoms with van der Waals surface area (Å²) >= 11 is 1.34. The van der Waals surface area contributed by atoms with Crippen molar-refractivity contribution in [1.29, 1.82) is 5.41 Å². The zero-order valence-corrected chi connectivity index (χ0v) is 19.6. The van der Waals surface area contributed by atoms with E-state index >= 15 is 0 Å². The van der Waals surface area contributed by atoms with Crippen LogP contribution in [0.25, 0.3) is 17.0 Å². The van der Waals surface area contributed by atoms with E-state index in [0.29, 0.717) is 29.8 Å². The monoisotopic (exact) mass is 473 g/mol. The molecule has 0 saturated heterocycles. The number of hydrogen-bond donors (Lipinski definition) is 1. The Hall–Kier alpha value is -3.85. The van der Waals surface area contributed by atoms with Gasteiger partial charge in [0.2, 0.25) is 5.17 Å². The topological polar surface area (TPSA) is 92.3 Å². The molecule has 2 aliphatic heterocycles. The van der Waals surface area contributed by atoms with Gasteiger partial charge in [-0.2, -0.15) is 15.1 Å². The van der Waals surface area contributed by atoms with Crippen molar-refractivity contribution in [3.8, 4) is 11.5 Å². The zero-order valence-electron chi connectivity index (χ0n) is 18.8. The van der Waals surface area contributed by atoms with Gasteiger partial charge < -0.3 is 14.0 Å². The highest BCUT2D eigenvalue weighted by atomic mass is 32.2. The number of para-hydroxylation sites is 3. The van der Waals surface area contributed by atoms with E-state index in [0.717, 1.165) is 27.9 Å². The summed E-state index contributed by atoms with van der Waals surface area (Å²) in [4.78, 5) is 16.9. The molecule has 0 saturated carbocycles. The SMILES string of the molecule is CCC1=NN2C(=N)/C(=C\c3cn(CCOc4ccccc4OC)c4ccccc34)C(=O)N=C2S1. The molecule has 0 atom stereocenters. The number of benzene rings is 2. The number of nitrogens with zero attached hydrogens (tertiary/aromatic N) is 4. The Kier molecular flexibility index (Phi) is 5.93. The van der Waals surface area contributed by atoms with E-state index in [2.05, 4.69) is 14.7 Å². The molecule has 2 aromatic carbocycles. The Labute approximate surface area is 201 Å². The zero-order chi connectivity index (χ0) is 23.7. The summed E-state index contributed by atoms with van der Waals surface area (Å²) in [6.45, 7) is 3.03. The number of methoxy groups -OCH3 is 1. The van der Waals surface area contributed by atoms with Crippen molar-refractivity contribution in [3.63, 3.8) is 0 Å². The first-order valence-corrected chi connectivity index (χ1v) is 11.7. The quantitative estimate of drug-likeness (QED) is 0.500. The molecule has 0 fully saturated rings. The maximum Gasteiger partial charge on any atom is 0.283 e. The average Bonchev–Trinajstić information content (AvgIpc) is 3.43. The maximum atomic E-state index is 12.8. The van der Waals surface area contributed by atoms with Crippen molar-refractivity contribution in [2.45, 2.75) is 19.9 Å². The van der Waals surface area contributed by atoms with Gasteiger partial charge in [0.1, 0.15) is 11.7 Å². The highest BCUT2D eigenvalue weighted by Crippen LogP contribution is 2.31. The van der Waals surface area contributed by atoms with E-state index in [1.807, 2.05) is 61.7 Å². The first-order valence-electron chi connectivity index (χ1n) is 10.9. The molecular formula is C25H23N5O3S. The van der Waals surface area contributed by atoms with Gasteiger partial charge in [0, 0.05) is 22.7 Å². The number of fused-ring (bicyclic) bond motifs is 2. The van der Waals surface area contributed by atoms with Crippen LogP contribution >= 0.6 is 11.8 Å². The smallest absolute Gasteiger partial charge is 0.283 e. The third kappa shape index (κ3) is 3.99. The summed E-state index contributed by atoms with van der Waals surface area (Å²) in [5.74, 6) is 0.998. The molecule has 1 aromatic heterocycles. The molecule has 1 amide bonds. The third-order valence-corrected chi connectivity index (χ3v) is 6.63. The van der Waals surface area contributed by atoms with Gasteiger partial charge in [0.25, 0.3) is 5.91 Å². The summed E-state index contributed by atoms with van der Waals surface area (Å²) in [7, 11) is 1.62. The maximum absolute atomic E-state index is 12.8. The van der Waals surface area contributed by atoms with Gasteiger partial charge in [0.05, 0.1) is 19.2 Å². The molecule has 2 aliphatic rings. The van der Waals surface area contributed by atoms with Crippen LogP contribution in [0.4, 0.5) is 0 Å². The number of aromatic nitrogens is 1. The van der Waals surface area contributed by atoms with Crippen LogP contribution in [0.5, 0.6) is 11.5 Å². The lowest BCUT2D eigenvalue weighted by Gasteiger charge is -2.20. The Bertz CT molecular complexity index is 1390. The highest BCUT2D eigenvalue weighted by molar-refractivity contribution is 8.26. The molecule has 0 aliphatic carbocycles. The van der Waals surface area contributed by atoms with Crippen LogP contribution in [-0.4, -0.2) is 45.2 Å². The van der Waals surface area contributed by atoms with E-state index < -0.39 is 5.91 Å². The summed E-state index contributed by atoms with van der Waals surface area (Å²) in [5, 5.41) is 16.7. The number of thioether (sulfide) groups is 1. The fourth-order valence-corrected chi connectivity index (χ4v) is 4.72. The van der Waals surface area contributed by atoms with Crippen LogP contribution in [0.15, 0.2) is 70.4 Å². The number of carbonyl (C=O) groups excluding carboxylic acids is 1. The van der Waals surface area contributed by atoms with E-state index in [9.17, 15) is 4.79 Å². The summed E-state index contributed by atoms with van der Waals surface area (Å²) in [6, 6.07) is 15.5. The summed E-state index contributed by atoms with van der Waals surface area (Å²) < 4.78 is 13.4. The predicted molar refractivity (Wildman–Crippen MR) is 136 cm³/mol. The number of ether oxygens (including phenoxy) is 2. The molecule has 0 unspecified atom stereocenters. The second-order valence-corrected chi connectivity index (χ2v) is 8.70. The van der Waals surface area contributed by atoms with Crippen molar-refractivity contribution in [1.82, 2.24) is 9.58 Å². The lowest BCUT2D eigenvalue weighted by Crippen LogP contribution is -2.35. The molecule has 172 valence electrons. The summed E-state index contributed by atoms with van der Waals surface area (Å²) in [5.41, 5.74) is 2.07. The second-order valence-electron chi connectivity index (χ2n) is 7.66. The number of hydrazone groups is 1. The average molecular weight is 474 g/mol. The van der Waals surface area contributed by atoms with Gasteiger partial charge in [-0.05, 0) is 42.5 Å². The van der Waals surface area contributed by atoms with Gasteiger partial charge in [-0.1, -0.05) is 37.3 Å². The van der Waals surface area contributed by atoms with Crippen molar-refractivity contribution < 1.29 is 14.3 Å². The van der Waals surface area contributed by atoms with Gasteiger partial charge in [-0.3, -0.25) is 10.2 Å². The minimum absolute atomic E-state index is 0.0438. The second kappa shape index (κ2) is 9.18. The van der Waals surface area contributed by atoms with Gasteiger partial charge >= 0.3 is 0 Å². The third-order valence-electron chi connectivity index (χ3n) is 5.58. The number of aliphatic imine (C=N–C) groups is 1. The minimum atomic E-state index is -0.423. The number of nitrogens with one attached hydrogen (secondary N) is 1. The van der Waals surface area contributed by atoms with Crippen LogP contribution in [0, 0.1) is 5.41 Å². The van der Waals surface area contributed by atoms with Crippen molar-refractivity contribution >= 4 is 50.7 Å². The van der Waals surface area contributed by atoms with E-state index in [1.54, 1.807) is 13.2 Å². The van der Waals surface area contributed by atoms with Crippen molar-refractivity contribution in [3.05, 3.63) is 65.9 Å². The lowest BCUT2D eigenvalue weighted by atomic mass is 10.1. The fraction of sp³-hybridized carbons (Fsp3) is 0.200. The van der Waals surface area contributed by atoms with Crippen LogP contribution in [0.3, 0.4) is 0 Å². The molecule has 0 bridgehead atoms. The van der Waals surface area contributed by atoms with E-state index in [4.69, 9.17) is 14.9 Å². The molecule has 5 rings (SSSR count). The largest absolute Gasteiger partial charge is 0.493 e. The van der Waals surface area contributed by atoms with Gasteiger partial charge in [-0.15, -0.1) is 0 Å². The Morgan fingerprint density at radius 2 is 1.88 bits per heavy atom. The van der Waals surface area contributed by atoms with E-state index in [1.165, 1.54) is 16.8 Å². The predicted octanol–water partition coefficient (Wildman–Crippen LogP) is 4.76.